The fraction of sp³-hybridized carbons (Fsp3) is 1.00. The van der Waals surface area contributed by atoms with E-state index in [-0.39, 0.29) is 6.04 Å². The number of rotatable bonds is 22. The molecule has 0 aromatic carbocycles. The molecule has 0 radical (unpaired) electrons. The van der Waals surface area contributed by atoms with Gasteiger partial charge in [0.15, 0.2) is 0 Å². The average molecular weight is 404 g/mol. The van der Waals surface area contributed by atoms with Crippen molar-refractivity contribution in [3.8, 4) is 0 Å². The molecule has 0 aromatic heterocycles. The normalized spacial score (nSPS) is 12.0. The lowest BCUT2D eigenvalue weighted by atomic mass is 10.0. The first-order valence-electron chi connectivity index (χ1n) is 11.9. The smallest absolute Gasteiger partial charge is 0.390 e. The number of hydrogen-bond acceptors (Lipinski definition) is 4. The lowest BCUT2D eigenvalue weighted by Crippen LogP contribution is -2.33. The molecular formula is C22H49NO3Si. The van der Waals surface area contributed by atoms with E-state index in [2.05, 4.69) is 0 Å². The highest BCUT2D eigenvalue weighted by Crippen LogP contribution is 2.15. The van der Waals surface area contributed by atoms with Gasteiger partial charge < -0.3 is 20.1 Å². The molecule has 0 saturated carbocycles. The van der Waals surface area contributed by atoms with E-state index in [1.807, 2.05) is 0 Å². The number of unbranched alkanes of at least 4 members (excludes halogenated alkanes) is 19. The summed E-state index contributed by atoms with van der Waals surface area (Å²) in [6.45, 7) is 0.853. The SMILES string of the molecule is NCCCCCCCCCCCCCCCCCCCCCC[Si](O)(O)O. The second kappa shape index (κ2) is 20.8. The first-order chi connectivity index (χ1) is 13.1. The van der Waals surface area contributed by atoms with Gasteiger partial charge in [-0.2, -0.15) is 0 Å². The van der Waals surface area contributed by atoms with E-state index in [0.717, 1.165) is 25.8 Å². The van der Waals surface area contributed by atoms with Crippen LogP contribution in [0.5, 0.6) is 0 Å². The van der Waals surface area contributed by atoms with Gasteiger partial charge in [-0.3, -0.25) is 0 Å². The van der Waals surface area contributed by atoms with E-state index in [4.69, 9.17) is 20.1 Å². The van der Waals surface area contributed by atoms with Crippen molar-refractivity contribution >= 4 is 8.80 Å². The van der Waals surface area contributed by atoms with Crippen molar-refractivity contribution < 1.29 is 14.4 Å². The van der Waals surface area contributed by atoms with Crippen LogP contribution in [0.2, 0.25) is 6.04 Å². The molecule has 5 heteroatoms. The summed E-state index contributed by atoms with van der Waals surface area (Å²) in [4.78, 5) is 26.8. The van der Waals surface area contributed by atoms with Crippen molar-refractivity contribution in [1.29, 1.82) is 0 Å². The number of nitrogens with two attached hydrogens (primary N) is 1. The molecule has 0 aliphatic rings. The Kier molecular flexibility index (Phi) is 20.8. The molecule has 0 aromatic rings. The van der Waals surface area contributed by atoms with Crippen LogP contribution in [0.1, 0.15) is 128 Å². The maximum atomic E-state index is 8.92. The second-order valence-electron chi connectivity index (χ2n) is 8.38. The van der Waals surface area contributed by atoms with Gasteiger partial charge in [-0.25, -0.2) is 0 Å². The summed E-state index contributed by atoms with van der Waals surface area (Å²) in [5, 5.41) is 0. The molecule has 0 bridgehead atoms. The van der Waals surface area contributed by atoms with Gasteiger partial charge in [0.25, 0.3) is 0 Å². The van der Waals surface area contributed by atoms with Gasteiger partial charge >= 0.3 is 8.80 Å². The van der Waals surface area contributed by atoms with E-state index >= 15 is 0 Å². The predicted octanol–water partition coefficient (Wildman–Crippen LogP) is 5.66. The van der Waals surface area contributed by atoms with Crippen LogP contribution in [0.3, 0.4) is 0 Å². The minimum absolute atomic E-state index is 0.197. The molecule has 0 heterocycles. The highest BCUT2D eigenvalue weighted by atomic mass is 28.4. The van der Waals surface area contributed by atoms with Crippen LogP contribution in [0.15, 0.2) is 0 Å². The quantitative estimate of drug-likeness (QED) is 0.139. The van der Waals surface area contributed by atoms with Crippen molar-refractivity contribution in [2.24, 2.45) is 5.73 Å². The lowest BCUT2D eigenvalue weighted by Gasteiger charge is -2.08. The monoisotopic (exact) mass is 403 g/mol. The molecule has 4 nitrogen and oxygen atoms in total. The molecule has 0 spiro atoms. The van der Waals surface area contributed by atoms with E-state index in [1.54, 1.807) is 0 Å². The molecule has 0 aliphatic carbocycles. The van der Waals surface area contributed by atoms with Gasteiger partial charge in [0.05, 0.1) is 0 Å². The van der Waals surface area contributed by atoms with Gasteiger partial charge in [0.2, 0.25) is 0 Å². The second-order valence-corrected chi connectivity index (χ2v) is 10.4. The average Bonchev–Trinajstić information content (AvgIpc) is 2.62. The third-order valence-electron chi connectivity index (χ3n) is 5.47. The highest BCUT2D eigenvalue weighted by molar-refractivity contribution is 6.56. The van der Waals surface area contributed by atoms with Crippen LogP contribution < -0.4 is 5.73 Å². The topological polar surface area (TPSA) is 86.7 Å². The lowest BCUT2D eigenvalue weighted by molar-refractivity contribution is 0.226. The largest absolute Gasteiger partial charge is 0.492 e. The Morgan fingerprint density at radius 2 is 0.593 bits per heavy atom. The van der Waals surface area contributed by atoms with E-state index in [0.29, 0.717) is 0 Å². The first kappa shape index (κ1) is 27.1. The standard InChI is InChI=1S/C22H49NO3Si/c23-21-19-17-15-13-11-9-7-5-3-1-2-4-6-8-10-12-14-16-18-20-22-27(24,25)26/h24-26H,1-23H2. The summed E-state index contributed by atoms with van der Waals surface area (Å²) in [6, 6.07) is 0.197. The number of hydrogen-bond donors (Lipinski definition) is 4. The maximum absolute atomic E-state index is 8.92. The van der Waals surface area contributed by atoms with Crippen molar-refractivity contribution in [2.75, 3.05) is 6.54 Å². The van der Waals surface area contributed by atoms with Crippen LogP contribution in [0.4, 0.5) is 0 Å². The zero-order valence-corrected chi connectivity index (χ0v) is 19.0. The zero-order valence-electron chi connectivity index (χ0n) is 18.0. The van der Waals surface area contributed by atoms with Crippen molar-refractivity contribution in [2.45, 2.75) is 134 Å². The van der Waals surface area contributed by atoms with Gasteiger partial charge in [-0.15, -0.1) is 0 Å². The third kappa shape index (κ3) is 26.1. The van der Waals surface area contributed by atoms with Gasteiger partial charge in [-0.05, 0) is 19.4 Å². The van der Waals surface area contributed by atoms with Gasteiger partial charge in [0.1, 0.15) is 0 Å². The fourth-order valence-electron chi connectivity index (χ4n) is 3.69. The summed E-state index contributed by atoms with van der Waals surface area (Å²) in [7, 11) is -3.78. The molecule has 164 valence electrons. The summed E-state index contributed by atoms with van der Waals surface area (Å²) >= 11 is 0. The Hall–Kier alpha value is 0.0569. The van der Waals surface area contributed by atoms with E-state index in [9.17, 15) is 0 Å². The Morgan fingerprint density at radius 1 is 0.370 bits per heavy atom. The van der Waals surface area contributed by atoms with E-state index < -0.39 is 8.80 Å². The Balaban J connectivity index is 3.01. The molecule has 5 N–H and O–H groups in total. The van der Waals surface area contributed by atoms with Crippen LogP contribution in [-0.4, -0.2) is 29.7 Å². The van der Waals surface area contributed by atoms with Crippen molar-refractivity contribution in [3.05, 3.63) is 0 Å². The van der Waals surface area contributed by atoms with Gasteiger partial charge in [-0.1, -0.05) is 116 Å². The van der Waals surface area contributed by atoms with Gasteiger partial charge in [0, 0.05) is 6.04 Å². The fourth-order valence-corrected chi connectivity index (χ4v) is 4.41. The Morgan fingerprint density at radius 3 is 0.815 bits per heavy atom. The Bertz CT molecular complexity index is 285. The molecule has 27 heavy (non-hydrogen) atoms. The van der Waals surface area contributed by atoms with Crippen LogP contribution >= 0.6 is 0 Å². The summed E-state index contributed by atoms with van der Waals surface area (Å²) in [5.41, 5.74) is 5.50. The first-order valence-corrected chi connectivity index (χ1v) is 14.0. The summed E-state index contributed by atoms with van der Waals surface area (Å²) in [6.07, 6.45) is 26.1. The summed E-state index contributed by atoms with van der Waals surface area (Å²) in [5.74, 6) is 0. The third-order valence-corrected chi connectivity index (χ3v) is 6.49. The minimum atomic E-state index is -3.78. The highest BCUT2D eigenvalue weighted by Gasteiger charge is 2.25. The maximum Gasteiger partial charge on any atom is 0.492 e. The molecular weight excluding hydrogens is 354 g/mol. The van der Waals surface area contributed by atoms with Crippen LogP contribution in [0.25, 0.3) is 0 Å². The van der Waals surface area contributed by atoms with E-state index in [1.165, 1.54) is 109 Å². The zero-order chi connectivity index (χ0) is 20.1. The molecule has 0 unspecified atom stereocenters. The molecule has 0 amide bonds. The minimum Gasteiger partial charge on any atom is -0.390 e. The molecule has 0 atom stereocenters. The molecule has 0 rings (SSSR count). The molecule has 0 saturated heterocycles. The van der Waals surface area contributed by atoms with Crippen LogP contribution in [0, 0.1) is 0 Å². The predicted molar refractivity (Wildman–Crippen MR) is 119 cm³/mol. The van der Waals surface area contributed by atoms with Crippen LogP contribution in [-0.2, 0) is 0 Å². The van der Waals surface area contributed by atoms with Crippen molar-refractivity contribution in [3.63, 3.8) is 0 Å². The molecule has 0 aliphatic heterocycles. The molecule has 0 fully saturated rings. The summed E-state index contributed by atoms with van der Waals surface area (Å²) < 4.78 is 0. The Labute approximate surface area is 170 Å². The van der Waals surface area contributed by atoms with Crippen molar-refractivity contribution in [1.82, 2.24) is 0 Å².